The first-order valence-corrected chi connectivity index (χ1v) is 12.3. The molecule has 1 amide bonds. The van der Waals surface area contributed by atoms with Crippen LogP contribution in [0.4, 0.5) is 0 Å². The number of aryl methyl sites for hydroxylation is 1. The molecule has 0 bridgehead atoms. The average molecular weight is 428 g/mol. The van der Waals surface area contributed by atoms with Crippen molar-refractivity contribution >= 4 is 15.9 Å². The number of hydrogen-bond donors (Lipinski definition) is 1. The molecule has 164 valence electrons. The summed E-state index contributed by atoms with van der Waals surface area (Å²) < 4.78 is 32.9. The van der Waals surface area contributed by atoms with Crippen molar-refractivity contribution in [1.29, 1.82) is 0 Å². The fraction of sp³-hybridized carbons (Fsp3) is 0.789. The molecule has 0 saturated carbocycles. The molecule has 3 heterocycles. The number of carbonyl (C=O) groups is 1. The third-order valence-electron chi connectivity index (χ3n) is 5.83. The maximum absolute atomic E-state index is 12.4. The molecule has 0 radical (unpaired) electrons. The fourth-order valence-corrected chi connectivity index (χ4v) is 5.13. The third kappa shape index (κ3) is 6.00. The van der Waals surface area contributed by atoms with Crippen LogP contribution in [0.25, 0.3) is 0 Å². The van der Waals surface area contributed by atoms with Gasteiger partial charge in [0.15, 0.2) is 0 Å². The quantitative estimate of drug-likeness (QED) is 0.650. The summed E-state index contributed by atoms with van der Waals surface area (Å²) in [5.74, 6) is -0.127. The number of sulfonamides is 1. The van der Waals surface area contributed by atoms with E-state index < -0.39 is 10.0 Å². The summed E-state index contributed by atoms with van der Waals surface area (Å²) in [5.41, 5.74) is 0.561. The summed E-state index contributed by atoms with van der Waals surface area (Å²) in [6.07, 6.45) is 8.32. The van der Waals surface area contributed by atoms with Crippen molar-refractivity contribution in [3.63, 3.8) is 0 Å². The van der Waals surface area contributed by atoms with Gasteiger partial charge in [-0.1, -0.05) is 0 Å². The zero-order chi connectivity index (χ0) is 20.9. The van der Waals surface area contributed by atoms with Gasteiger partial charge >= 0.3 is 0 Å². The van der Waals surface area contributed by atoms with Crippen LogP contribution in [0.15, 0.2) is 12.4 Å². The lowest BCUT2D eigenvalue weighted by atomic mass is 9.99. The van der Waals surface area contributed by atoms with E-state index in [1.54, 1.807) is 21.4 Å². The summed E-state index contributed by atoms with van der Waals surface area (Å²) in [6, 6.07) is 0.523. The van der Waals surface area contributed by atoms with E-state index in [4.69, 9.17) is 4.74 Å². The van der Waals surface area contributed by atoms with Gasteiger partial charge in [-0.2, -0.15) is 5.10 Å². The molecule has 2 aliphatic heterocycles. The molecule has 3 rings (SSSR count). The minimum atomic E-state index is -3.19. The summed E-state index contributed by atoms with van der Waals surface area (Å²) in [5, 5.41) is 7.14. The van der Waals surface area contributed by atoms with Gasteiger partial charge in [0.25, 0.3) is 5.91 Å². The number of rotatable bonds is 8. The molecule has 0 aliphatic carbocycles. The molecule has 1 aromatic heterocycles. The summed E-state index contributed by atoms with van der Waals surface area (Å²) in [7, 11) is -3.19. The van der Waals surface area contributed by atoms with Crippen LogP contribution in [-0.2, 0) is 21.3 Å². The average Bonchev–Trinajstić information content (AvgIpc) is 3.21. The SMILES string of the molecule is CCn1cc(C(=O)NCCN(C2CCOCC2)C2CCCN(S(C)(=O)=O)C2)cn1. The summed E-state index contributed by atoms with van der Waals surface area (Å²) >= 11 is 0. The molecule has 0 spiro atoms. The molecule has 1 atom stereocenters. The molecule has 1 aromatic rings. The summed E-state index contributed by atoms with van der Waals surface area (Å²) in [4.78, 5) is 14.8. The number of aromatic nitrogens is 2. The van der Waals surface area contributed by atoms with Crippen LogP contribution >= 0.6 is 0 Å². The fourth-order valence-electron chi connectivity index (χ4n) is 4.23. The highest BCUT2D eigenvalue weighted by molar-refractivity contribution is 7.88. The predicted molar refractivity (Wildman–Crippen MR) is 110 cm³/mol. The number of piperidine rings is 1. The van der Waals surface area contributed by atoms with E-state index in [-0.39, 0.29) is 11.9 Å². The predicted octanol–water partition coefficient (Wildman–Crippen LogP) is 0.538. The van der Waals surface area contributed by atoms with Crippen molar-refractivity contribution in [1.82, 2.24) is 24.3 Å². The molecule has 9 nitrogen and oxygen atoms in total. The van der Waals surface area contributed by atoms with Gasteiger partial charge in [0, 0.05) is 64.2 Å². The number of ether oxygens (including phenoxy) is 1. The van der Waals surface area contributed by atoms with Gasteiger partial charge in [-0.3, -0.25) is 14.4 Å². The minimum absolute atomic E-state index is 0.127. The van der Waals surface area contributed by atoms with Gasteiger partial charge in [-0.05, 0) is 32.6 Å². The number of amides is 1. The Hall–Kier alpha value is -1.49. The smallest absolute Gasteiger partial charge is 0.254 e. The van der Waals surface area contributed by atoms with Crippen LogP contribution < -0.4 is 5.32 Å². The Morgan fingerprint density at radius 2 is 2.07 bits per heavy atom. The third-order valence-corrected chi connectivity index (χ3v) is 7.10. The van der Waals surface area contributed by atoms with Crippen LogP contribution in [0, 0.1) is 0 Å². The van der Waals surface area contributed by atoms with E-state index in [1.165, 1.54) is 6.26 Å². The molecular weight excluding hydrogens is 394 g/mol. The Morgan fingerprint density at radius 1 is 1.31 bits per heavy atom. The second-order valence-electron chi connectivity index (χ2n) is 7.84. The van der Waals surface area contributed by atoms with Crippen LogP contribution in [0.5, 0.6) is 0 Å². The molecule has 1 unspecified atom stereocenters. The topological polar surface area (TPSA) is 96.8 Å². The lowest BCUT2D eigenvalue weighted by molar-refractivity contribution is 0.00673. The molecular formula is C19H33N5O4S. The molecule has 10 heteroatoms. The Kier molecular flexibility index (Phi) is 7.66. The second-order valence-corrected chi connectivity index (χ2v) is 9.82. The maximum Gasteiger partial charge on any atom is 0.254 e. The van der Waals surface area contributed by atoms with E-state index in [2.05, 4.69) is 15.3 Å². The van der Waals surface area contributed by atoms with Crippen LogP contribution in [0.2, 0.25) is 0 Å². The van der Waals surface area contributed by atoms with E-state index >= 15 is 0 Å². The standard InChI is InChI=1S/C19H33N5O4S/c1-3-22-14-16(13-21-22)19(25)20-8-10-24(17-6-11-28-12-7-17)18-5-4-9-23(15-18)29(2,26)27/h13-14,17-18H,3-12,15H2,1-2H3,(H,20,25). The lowest BCUT2D eigenvalue weighted by Gasteiger charge is -2.43. The number of hydrogen-bond acceptors (Lipinski definition) is 6. The van der Waals surface area contributed by atoms with Crippen molar-refractivity contribution in [2.45, 2.75) is 51.2 Å². The van der Waals surface area contributed by atoms with E-state index in [0.29, 0.717) is 37.8 Å². The monoisotopic (exact) mass is 427 g/mol. The zero-order valence-electron chi connectivity index (χ0n) is 17.4. The van der Waals surface area contributed by atoms with Gasteiger partial charge in [-0.15, -0.1) is 0 Å². The summed E-state index contributed by atoms with van der Waals surface area (Å²) in [6.45, 7) is 6.48. The first-order chi connectivity index (χ1) is 13.9. The molecule has 2 saturated heterocycles. The van der Waals surface area contributed by atoms with Gasteiger partial charge in [-0.25, -0.2) is 12.7 Å². The Morgan fingerprint density at radius 3 is 2.72 bits per heavy atom. The zero-order valence-corrected chi connectivity index (χ0v) is 18.2. The molecule has 29 heavy (non-hydrogen) atoms. The van der Waals surface area contributed by atoms with E-state index in [9.17, 15) is 13.2 Å². The van der Waals surface area contributed by atoms with Gasteiger partial charge < -0.3 is 10.1 Å². The Bertz CT molecular complexity index is 775. The number of carbonyl (C=O) groups excluding carboxylic acids is 1. The van der Waals surface area contributed by atoms with Crippen LogP contribution in [0.3, 0.4) is 0 Å². The van der Waals surface area contributed by atoms with Gasteiger partial charge in [0.1, 0.15) is 0 Å². The molecule has 2 fully saturated rings. The Labute approximate surface area is 173 Å². The molecule has 2 aliphatic rings. The van der Waals surface area contributed by atoms with Crippen molar-refractivity contribution in [2.75, 3.05) is 45.6 Å². The largest absolute Gasteiger partial charge is 0.381 e. The Balaban J connectivity index is 1.61. The maximum atomic E-state index is 12.4. The van der Waals surface area contributed by atoms with Crippen molar-refractivity contribution in [3.8, 4) is 0 Å². The minimum Gasteiger partial charge on any atom is -0.381 e. The van der Waals surface area contributed by atoms with Crippen LogP contribution in [-0.4, -0.2) is 91.0 Å². The second kappa shape index (κ2) is 10.0. The van der Waals surface area contributed by atoms with E-state index in [0.717, 1.165) is 45.4 Å². The molecule has 1 N–H and O–H groups in total. The lowest BCUT2D eigenvalue weighted by Crippen LogP contribution is -2.55. The van der Waals surface area contributed by atoms with Crippen LogP contribution in [0.1, 0.15) is 43.0 Å². The highest BCUT2D eigenvalue weighted by Gasteiger charge is 2.33. The highest BCUT2D eigenvalue weighted by atomic mass is 32.2. The van der Waals surface area contributed by atoms with Crippen molar-refractivity contribution in [2.24, 2.45) is 0 Å². The number of nitrogens with zero attached hydrogens (tertiary/aromatic N) is 4. The number of nitrogens with one attached hydrogen (secondary N) is 1. The van der Waals surface area contributed by atoms with Gasteiger partial charge in [0.2, 0.25) is 10.0 Å². The molecule has 0 aromatic carbocycles. The highest BCUT2D eigenvalue weighted by Crippen LogP contribution is 2.24. The first kappa shape index (κ1) is 22.2. The normalized spacial score (nSPS) is 22.1. The van der Waals surface area contributed by atoms with E-state index in [1.807, 2.05) is 6.92 Å². The van der Waals surface area contributed by atoms with Crippen molar-refractivity contribution < 1.29 is 17.9 Å². The van der Waals surface area contributed by atoms with Gasteiger partial charge in [0.05, 0.1) is 18.0 Å². The first-order valence-electron chi connectivity index (χ1n) is 10.5. The van der Waals surface area contributed by atoms with Crippen molar-refractivity contribution in [3.05, 3.63) is 18.0 Å².